The Bertz CT molecular complexity index is 1410. The third-order valence-corrected chi connectivity index (χ3v) is 7.59. The third kappa shape index (κ3) is 6.83. The van der Waals surface area contributed by atoms with Crippen molar-refractivity contribution < 1.29 is 28.9 Å². The number of aryl methyl sites for hydroxylation is 1. The summed E-state index contributed by atoms with van der Waals surface area (Å²) in [6.07, 6.45) is 0.888. The van der Waals surface area contributed by atoms with Gasteiger partial charge in [-0.1, -0.05) is 48.9 Å². The molecule has 8 heteroatoms. The number of nitrogens with zero attached hydrogens (tertiary/aromatic N) is 2. The minimum Gasteiger partial charge on any atom is -0.507 e. The van der Waals surface area contributed by atoms with Gasteiger partial charge in [0.25, 0.3) is 11.7 Å². The number of aliphatic hydroxyl groups is 1. The van der Waals surface area contributed by atoms with Gasteiger partial charge in [0.1, 0.15) is 23.9 Å². The van der Waals surface area contributed by atoms with Crippen molar-refractivity contribution in [3.05, 3.63) is 101 Å². The van der Waals surface area contributed by atoms with Crippen molar-refractivity contribution in [1.29, 1.82) is 0 Å². The predicted octanol–water partition coefficient (Wildman–Crippen LogP) is 5.12. The van der Waals surface area contributed by atoms with Gasteiger partial charge in [-0.2, -0.15) is 0 Å². The highest BCUT2D eigenvalue weighted by atomic mass is 16.5. The molecule has 0 spiro atoms. The molecule has 2 saturated heterocycles. The van der Waals surface area contributed by atoms with Crippen molar-refractivity contribution in [1.82, 2.24) is 9.80 Å². The molecule has 3 aromatic rings. The van der Waals surface area contributed by atoms with Gasteiger partial charge < -0.3 is 24.2 Å². The van der Waals surface area contributed by atoms with Crippen molar-refractivity contribution in [2.24, 2.45) is 0 Å². The van der Waals surface area contributed by atoms with Crippen molar-refractivity contribution in [3.8, 4) is 11.5 Å². The minimum atomic E-state index is -0.719. The monoisotopic (exact) mass is 570 g/mol. The molecule has 8 nitrogen and oxygen atoms in total. The summed E-state index contributed by atoms with van der Waals surface area (Å²) in [5.74, 6) is -0.154. The summed E-state index contributed by atoms with van der Waals surface area (Å²) < 4.78 is 17.1. The molecular weight excluding hydrogens is 532 g/mol. The second-order valence-corrected chi connectivity index (χ2v) is 10.7. The fraction of sp³-hybridized carbons (Fsp3) is 0.353. The van der Waals surface area contributed by atoms with Gasteiger partial charge in [0.2, 0.25) is 0 Å². The van der Waals surface area contributed by atoms with Crippen LogP contribution in [0.25, 0.3) is 5.76 Å². The Morgan fingerprint density at radius 3 is 2.31 bits per heavy atom. The lowest BCUT2D eigenvalue weighted by Crippen LogP contribution is -2.42. The summed E-state index contributed by atoms with van der Waals surface area (Å²) in [6.45, 7) is 8.89. The molecule has 2 aliphatic heterocycles. The van der Waals surface area contributed by atoms with E-state index in [0.717, 1.165) is 36.2 Å². The maximum Gasteiger partial charge on any atom is 0.295 e. The molecular formula is C34H38N2O6. The number of hydrogen-bond donors (Lipinski definition) is 1. The summed E-state index contributed by atoms with van der Waals surface area (Å²) in [4.78, 5) is 30.6. The van der Waals surface area contributed by atoms with Gasteiger partial charge in [0.15, 0.2) is 0 Å². The second kappa shape index (κ2) is 13.7. The van der Waals surface area contributed by atoms with E-state index in [4.69, 9.17) is 14.2 Å². The Balaban J connectivity index is 1.41. The van der Waals surface area contributed by atoms with Crippen molar-refractivity contribution in [3.63, 3.8) is 0 Å². The Kier molecular flexibility index (Phi) is 9.56. The number of hydrogen-bond acceptors (Lipinski definition) is 7. The predicted molar refractivity (Wildman–Crippen MR) is 160 cm³/mol. The SMILES string of the molecule is CCCOc1ccc(C2/C(=C(\O)c3ccc(OCc4cccc(C)c4)cc3)C(=O)C(=O)N2CCN2CCOCC2)cc1. The topological polar surface area (TPSA) is 88.5 Å². The van der Waals surface area contributed by atoms with Crippen LogP contribution in [-0.4, -0.2) is 72.6 Å². The van der Waals surface area contributed by atoms with Gasteiger partial charge in [0.05, 0.1) is 31.4 Å². The molecule has 1 atom stereocenters. The number of morpholine rings is 1. The molecule has 0 radical (unpaired) electrons. The fourth-order valence-corrected chi connectivity index (χ4v) is 5.33. The van der Waals surface area contributed by atoms with Crippen LogP contribution in [0.15, 0.2) is 78.4 Å². The minimum absolute atomic E-state index is 0.0811. The Morgan fingerprint density at radius 2 is 1.62 bits per heavy atom. The molecule has 220 valence electrons. The largest absolute Gasteiger partial charge is 0.507 e. The molecule has 0 saturated carbocycles. The number of rotatable bonds is 11. The van der Waals surface area contributed by atoms with Crippen LogP contribution >= 0.6 is 0 Å². The zero-order chi connectivity index (χ0) is 29.5. The Labute approximate surface area is 247 Å². The maximum atomic E-state index is 13.4. The summed E-state index contributed by atoms with van der Waals surface area (Å²) in [5.41, 5.74) is 3.48. The molecule has 1 unspecified atom stereocenters. The molecule has 1 N–H and O–H groups in total. The number of carbonyl (C=O) groups is 2. The molecule has 42 heavy (non-hydrogen) atoms. The normalized spacial score (nSPS) is 18.8. The highest BCUT2D eigenvalue weighted by Crippen LogP contribution is 2.40. The zero-order valence-corrected chi connectivity index (χ0v) is 24.3. The Morgan fingerprint density at radius 1 is 0.929 bits per heavy atom. The standard InChI is InChI=1S/C34H38N2O6/c1-3-19-41-28-11-7-26(8-12-28)31-30(33(38)34(39)36(31)16-15-35-17-20-40-21-18-35)32(37)27-9-13-29(14-10-27)42-23-25-6-4-5-24(2)22-25/h4-14,22,31,37H,3,15-21,23H2,1-2H3/b32-30+. The van der Waals surface area contributed by atoms with Gasteiger partial charge in [-0.3, -0.25) is 14.5 Å². The molecule has 0 aromatic heterocycles. The molecule has 3 aromatic carbocycles. The maximum absolute atomic E-state index is 13.4. The summed E-state index contributed by atoms with van der Waals surface area (Å²) in [5, 5.41) is 11.5. The van der Waals surface area contributed by atoms with Gasteiger partial charge in [-0.15, -0.1) is 0 Å². The first-order valence-corrected chi connectivity index (χ1v) is 14.5. The lowest BCUT2D eigenvalue weighted by atomic mass is 9.95. The van der Waals surface area contributed by atoms with Crippen LogP contribution in [0.5, 0.6) is 11.5 Å². The van der Waals surface area contributed by atoms with Crippen LogP contribution < -0.4 is 9.47 Å². The quantitative estimate of drug-likeness (QED) is 0.195. The molecule has 5 rings (SSSR count). The van der Waals surface area contributed by atoms with E-state index >= 15 is 0 Å². The van der Waals surface area contributed by atoms with E-state index in [-0.39, 0.29) is 11.3 Å². The molecule has 2 aliphatic rings. The van der Waals surface area contributed by atoms with E-state index in [1.807, 2.05) is 56.3 Å². The lowest BCUT2D eigenvalue weighted by Gasteiger charge is -2.31. The number of ether oxygens (including phenoxy) is 3. The highest BCUT2D eigenvalue weighted by Gasteiger charge is 2.46. The molecule has 0 aliphatic carbocycles. The molecule has 0 bridgehead atoms. The average Bonchev–Trinajstić information content (AvgIpc) is 3.27. The highest BCUT2D eigenvalue weighted by molar-refractivity contribution is 6.46. The van der Waals surface area contributed by atoms with Crippen LogP contribution in [0.2, 0.25) is 0 Å². The van der Waals surface area contributed by atoms with Crippen molar-refractivity contribution in [2.45, 2.75) is 32.9 Å². The van der Waals surface area contributed by atoms with E-state index in [1.165, 1.54) is 0 Å². The van der Waals surface area contributed by atoms with Crippen molar-refractivity contribution >= 4 is 17.4 Å². The number of likely N-dealkylation sites (tertiary alicyclic amines) is 1. The lowest BCUT2D eigenvalue weighted by molar-refractivity contribution is -0.140. The van der Waals surface area contributed by atoms with Gasteiger partial charge in [-0.25, -0.2) is 0 Å². The number of benzene rings is 3. The number of Topliss-reactive ketones (excluding diaryl/α,β-unsaturated/α-hetero) is 1. The van der Waals surface area contributed by atoms with E-state index in [2.05, 4.69) is 11.0 Å². The van der Waals surface area contributed by atoms with Crippen LogP contribution in [0.4, 0.5) is 0 Å². The number of amides is 1. The third-order valence-electron chi connectivity index (χ3n) is 7.59. The van der Waals surface area contributed by atoms with E-state index in [9.17, 15) is 14.7 Å². The smallest absolute Gasteiger partial charge is 0.295 e. The molecule has 1 amide bonds. The van der Waals surface area contributed by atoms with Crippen LogP contribution in [0, 0.1) is 6.92 Å². The molecule has 2 fully saturated rings. The van der Waals surface area contributed by atoms with Crippen molar-refractivity contribution in [2.75, 3.05) is 46.0 Å². The number of carbonyl (C=O) groups excluding carboxylic acids is 2. The van der Waals surface area contributed by atoms with Gasteiger partial charge in [-0.05, 0) is 60.9 Å². The van der Waals surface area contributed by atoms with Gasteiger partial charge >= 0.3 is 0 Å². The van der Waals surface area contributed by atoms with Crippen LogP contribution in [0.3, 0.4) is 0 Å². The average molecular weight is 571 g/mol. The summed E-state index contributed by atoms with van der Waals surface area (Å²) in [7, 11) is 0. The fourth-order valence-electron chi connectivity index (χ4n) is 5.33. The van der Waals surface area contributed by atoms with E-state index in [1.54, 1.807) is 29.2 Å². The summed E-state index contributed by atoms with van der Waals surface area (Å²) >= 11 is 0. The van der Waals surface area contributed by atoms with E-state index < -0.39 is 17.7 Å². The number of aliphatic hydroxyl groups excluding tert-OH is 1. The number of ketones is 1. The second-order valence-electron chi connectivity index (χ2n) is 10.7. The zero-order valence-electron chi connectivity index (χ0n) is 24.3. The molecule has 2 heterocycles. The first-order valence-electron chi connectivity index (χ1n) is 14.5. The van der Waals surface area contributed by atoms with Crippen LogP contribution in [0.1, 0.15) is 41.6 Å². The van der Waals surface area contributed by atoms with Crippen LogP contribution in [-0.2, 0) is 20.9 Å². The first kappa shape index (κ1) is 29.4. The van der Waals surface area contributed by atoms with E-state index in [0.29, 0.717) is 56.6 Å². The van der Waals surface area contributed by atoms with Gasteiger partial charge in [0, 0.05) is 31.7 Å². The Hall–Kier alpha value is -4.14. The first-order chi connectivity index (χ1) is 20.4. The summed E-state index contributed by atoms with van der Waals surface area (Å²) in [6, 6.07) is 21.7.